The molecule has 0 radical (unpaired) electrons. The lowest BCUT2D eigenvalue weighted by molar-refractivity contribution is -0.158. The number of esters is 3. The Labute approximate surface area is 302 Å². The first-order valence-corrected chi connectivity index (χ1v) is 20.4. The summed E-state index contributed by atoms with van der Waals surface area (Å²) in [5.41, 5.74) is 0.852. The number of unbranched alkanes of at least 4 members (excludes halogenated alkanes) is 12. The van der Waals surface area contributed by atoms with E-state index < -0.39 is 6.10 Å². The molecule has 9 heteroatoms. The van der Waals surface area contributed by atoms with Crippen LogP contribution < -0.4 is 0 Å². The van der Waals surface area contributed by atoms with Crippen LogP contribution in [0.3, 0.4) is 0 Å². The van der Waals surface area contributed by atoms with E-state index in [1.165, 1.54) is 52.4 Å². The van der Waals surface area contributed by atoms with Gasteiger partial charge in [0.2, 0.25) is 0 Å². The highest BCUT2D eigenvalue weighted by atomic mass is 16.6. The van der Waals surface area contributed by atoms with Crippen molar-refractivity contribution in [3.63, 3.8) is 0 Å². The fourth-order valence-electron chi connectivity index (χ4n) is 7.92. The topological polar surface area (TPSA) is 118 Å². The minimum atomic E-state index is -0.479. The van der Waals surface area contributed by atoms with E-state index in [-0.39, 0.29) is 60.6 Å². The van der Waals surface area contributed by atoms with Crippen molar-refractivity contribution in [2.45, 2.75) is 231 Å². The lowest BCUT2D eigenvalue weighted by atomic mass is 10.00. The fourth-order valence-corrected chi connectivity index (χ4v) is 7.92. The van der Waals surface area contributed by atoms with Crippen molar-refractivity contribution < 1.29 is 43.2 Å². The second kappa shape index (κ2) is 24.3. The van der Waals surface area contributed by atoms with Crippen LogP contribution in [0.15, 0.2) is 11.6 Å². The molecule has 3 rings (SSSR count). The van der Waals surface area contributed by atoms with Crippen molar-refractivity contribution in [3.05, 3.63) is 11.6 Å². The molecule has 50 heavy (non-hydrogen) atoms. The van der Waals surface area contributed by atoms with Crippen molar-refractivity contribution in [3.8, 4) is 0 Å². The summed E-state index contributed by atoms with van der Waals surface area (Å²) in [5.74, 6) is -0.587. The molecule has 2 fully saturated rings. The van der Waals surface area contributed by atoms with E-state index in [2.05, 4.69) is 6.92 Å². The van der Waals surface area contributed by atoms with Crippen molar-refractivity contribution >= 4 is 17.9 Å². The average molecular weight is 707 g/mol. The van der Waals surface area contributed by atoms with Gasteiger partial charge in [-0.2, -0.15) is 0 Å². The molecule has 9 nitrogen and oxygen atoms in total. The van der Waals surface area contributed by atoms with Gasteiger partial charge in [0.1, 0.15) is 18.3 Å². The van der Waals surface area contributed by atoms with E-state index in [4.69, 9.17) is 23.7 Å². The molecule has 3 aliphatic heterocycles. The minimum Gasteiger partial charge on any atom is -0.463 e. The van der Waals surface area contributed by atoms with Gasteiger partial charge in [0.05, 0.1) is 30.5 Å². The van der Waals surface area contributed by atoms with Gasteiger partial charge in [-0.1, -0.05) is 84.0 Å². The number of hydrogen-bond acceptors (Lipinski definition) is 9. The number of hydrogen-bond donors (Lipinski definition) is 1. The van der Waals surface area contributed by atoms with Gasteiger partial charge in [-0.15, -0.1) is 0 Å². The van der Waals surface area contributed by atoms with Crippen molar-refractivity contribution in [2.24, 2.45) is 0 Å². The molecule has 0 aliphatic carbocycles. The predicted molar refractivity (Wildman–Crippen MR) is 195 cm³/mol. The molecular formula is C41H70O9. The Hall–Kier alpha value is -1.97. The van der Waals surface area contributed by atoms with E-state index in [0.29, 0.717) is 6.42 Å². The molecule has 0 spiro atoms. The number of carbonyl (C=O) groups excluding carboxylic acids is 3. The third-order valence-electron chi connectivity index (χ3n) is 10.7. The van der Waals surface area contributed by atoms with Crippen LogP contribution >= 0.6 is 0 Å². The zero-order valence-corrected chi connectivity index (χ0v) is 31.9. The molecule has 0 bridgehead atoms. The van der Waals surface area contributed by atoms with E-state index in [1.807, 2.05) is 13.0 Å². The number of cyclic esters (lactones) is 1. The quantitative estimate of drug-likeness (QED) is 0.0507. The number of aliphatic hydroxyl groups excluding tert-OH is 1. The first-order chi connectivity index (χ1) is 24.2. The van der Waals surface area contributed by atoms with Crippen molar-refractivity contribution in [2.75, 3.05) is 0 Å². The van der Waals surface area contributed by atoms with E-state index in [1.54, 1.807) is 0 Å². The maximum atomic E-state index is 11.9. The number of aliphatic hydroxyl groups is 1. The van der Waals surface area contributed by atoms with Crippen molar-refractivity contribution in [1.82, 2.24) is 0 Å². The molecule has 1 N–H and O–H groups in total. The van der Waals surface area contributed by atoms with Gasteiger partial charge in [0.25, 0.3) is 0 Å². The van der Waals surface area contributed by atoms with Gasteiger partial charge in [0.15, 0.2) is 0 Å². The molecule has 3 aliphatic rings. The van der Waals surface area contributed by atoms with E-state index >= 15 is 0 Å². The maximum absolute atomic E-state index is 11.9. The van der Waals surface area contributed by atoms with Crippen LogP contribution in [0.2, 0.25) is 0 Å². The standard InChI is InChI=1S/C41H70O9/c1-5-6-21-34(47-31(3)42)22-17-15-18-23-35(44)36-25-26-39(49-36)40-28-27-38(50-40)37(48-32(4)43)24-19-14-12-10-8-7-9-11-13-16-20-33-29-30(2)46-41(33)45/h29-30,34-40,44H,5-28H2,1-4H3. The second-order valence-corrected chi connectivity index (χ2v) is 15.2. The SMILES string of the molecule is CCCCC(CCCCCC(O)C1CCC(C2CCC(C(CCCCCCCCCCCCC3=CC(C)OC3=O)OC(C)=O)O2)O1)OC(C)=O. The monoisotopic (exact) mass is 707 g/mol. The largest absolute Gasteiger partial charge is 0.463 e. The van der Waals surface area contributed by atoms with E-state index in [0.717, 1.165) is 115 Å². The van der Waals surface area contributed by atoms with Gasteiger partial charge < -0.3 is 28.8 Å². The average Bonchev–Trinajstić information content (AvgIpc) is 3.83. The predicted octanol–water partition coefficient (Wildman–Crippen LogP) is 9.00. The van der Waals surface area contributed by atoms with Gasteiger partial charge in [-0.25, -0.2) is 4.79 Å². The van der Waals surface area contributed by atoms with Crippen LogP contribution in [0, 0.1) is 0 Å². The summed E-state index contributed by atoms with van der Waals surface area (Å²) in [4.78, 5) is 35.0. The molecule has 0 aromatic rings. The van der Waals surface area contributed by atoms with Crippen LogP contribution in [0.1, 0.15) is 182 Å². The van der Waals surface area contributed by atoms with Gasteiger partial charge in [0, 0.05) is 19.4 Å². The Bertz CT molecular complexity index is 1010. The van der Waals surface area contributed by atoms with Gasteiger partial charge in [-0.05, 0) is 90.0 Å². The summed E-state index contributed by atoms with van der Waals surface area (Å²) >= 11 is 0. The lowest BCUT2D eigenvalue weighted by Crippen LogP contribution is -2.34. The van der Waals surface area contributed by atoms with Gasteiger partial charge >= 0.3 is 17.9 Å². The number of carbonyl (C=O) groups is 3. The molecule has 288 valence electrons. The highest BCUT2D eigenvalue weighted by Crippen LogP contribution is 2.35. The molecule has 8 unspecified atom stereocenters. The first kappa shape index (κ1) is 42.4. The molecular weight excluding hydrogens is 636 g/mol. The fraction of sp³-hybridized carbons (Fsp3) is 0.878. The first-order valence-electron chi connectivity index (χ1n) is 20.4. The third kappa shape index (κ3) is 16.6. The second-order valence-electron chi connectivity index (χ2n) is 15.2. The molecule has 0 saturated carbocycles. The Morgan fingerprint density at radius 1 is 0.720 bits per heavy atom. The molecule has 8 atom stereocenters. The van der Waals surface area contributed by atoms with Crippen LogP contribution in [-0.4, -0.2) is 71.8 Å². The third-order valence-corrected chi connectivity index (χ3v) is 10.7. The van der Waals surface area contributed by atoms with Crippen LogP contribution in [-0.2, 0) is 38.1 Å². The normalized spacial score (nSPS) is 25.3. The number of rotatable bonds is 27. The Morgan fingerprint density at radius 3 is 1.84 bits per heavy atom. The zero-order valence-electron chi connectivity index (χ0n) is 31.9. The minimum absolute atomic E-state index is 0.00921. The number of ether oxygens (including phenoxy) is 5. The Balaban J connectivity index is 1.23. The highest BCUT2D eigenvalue weighted by Gasteiger charge is 2.41. The summed E-state index contributed by atoms with van der Waals surface area (Å²) < 4.78 is 29.2. The zero-order chi connectivity index (χ0) is 36.1. The molecule has 0 amide bonds. The summed E-state index contributed by atoms with van der Waals surface area (Å²) in [6, 6.07) is 0. The van der Waals surface area contributed by atoms with Crippen molar-refractivity contribution in [1.29, 1.82) is 0 Å². The maximum Gasteiger partial charge on any atom is 0.334 e. The molecule has 2 saturated heterocycles. The summed E-state index contributed by atoms with van der Waals surface area (Å²) in [5, 5.41) is 10.9. The van der Waals surface area contributed by atoms with Crippen LogP contribution in [0.25, 0.3) is 0 Å². The van der Waals surface area contributed by atoms with Gasteiger partial charge in [-0.3, -0.25) is 9.59 Å². The summed E-state index contributed by atoms with van der Waals surface area (Å²) in [7, 11) is 0. The van der Waals surface area contributed by atoms with E-state index in [9.17, 15) is 19.5 Å². The molecule has 3 heterocycles. The Morgan fingerprint density at radius 2 is 1.24 bits per heavy atom. The summed E-state index contributed by atoms with van der Waals surface area (Å²) in [6.45, 7) is 7.02. The molecule has 0 aromatic heterocycles. The Kier molecular flexibility index (Phi) is 20.6. The smallest absolute Gasteiger partial charge is 0.334 e. The van der Waals surface area contributed by atoms with Crippen LogP contribution in [0.4, 0.5) is 0 Å². The van der Waals surface area contributed by atoms with Crippen LogP contribution in [0.5, 0.6) is 0 Å². The lowest BCUT2D eigenvalue weighted by Gasteiger charge is -2.26. The molecule has 0 aromatic carbocycles. The highest BCUT2D eigenvalue weighted by molar-refractivity contribution is 5.90. The summed E-state index contributed by atoms with van der Waals surface area (Å²) in [6.07, 6.45) is 25.5.